The molecule has 0 aliphatic carbocycles. The molecule has 0 atom stereocenters. The summed E-state index contributed by atoms with van der Waals surface area (Å²) in [4.78, 5) is 12.5. The van der Waals surface area contributed by atoms with Crippen molar-refractivity contribution in [3.05, 3.63) is 53.1 Å². The Morgan fingerprint density at radius 2 is 1.90 bits per heavy atom. The van der Waals surface area contributed by atoms with Crippen LogP contribution >= 0.6 is 22.9 Å². The Kier molecular flexibility index (Phi) is 6.59. The summed E-state index contributed by atoms with van der Waals surface area (Å²) in [6.07, 6.45) is 1.04. The van der Waals surface area contributed by atoms with Gasteiger partial charge >= 0.3 is 0 Å². The first-order valence-corrected chi connectivity index (χ1v) is 11.7. The molecule has 0 fully saturated rings. The normalized spacial score (nSPS) is 11.2. The van der Waals surface area contributed by atoms with E-state index in [0.717, 1.165) is 16.1 Å². The highest BCUT2D eigenvalue weighted by atomic mass is 35.5. The van der Waals surface area contributed by atoms with Gasteiger partial charge in [-0.15, -0.1) is 10.2 Å². The number of rotatable bonds is 7. The topological polar surface area (TPSA) is 101 Å². The molecule has 0 bridgehead atoms. The van der Waals surface area contributed by atoms with Crippen molar-refractivity contribution >= 4 is 49.7 Å². The molecule has 0 saturated carbocycles. The smallest absolute Gasteiger partial charge is 0.246 e. The van der Waals surface area contributed by atoms with Gasteiger partial charge in [-0.25, -0.2) is 8.42 Å². The largest absolute Gasteiger partial charge is 0.497 e. The predicted molar refractivity (Wildman–Crippen MR) is 119 cm³/mol. The highest BCUT2D eigenvalue weighted by molar-refractivity contribution is 7.92. The quantitative estimate of drug-likeness (QED) is 0.571. The molecule has 3 rings (SSSR count). The number of aryl methyl sites for hydroxylation is 1. The number of benzene rings is 2. The zero-order valence-electron chi connectivity index (χ0n) is 16.4. The van der Waals surface area contributed by atoms with Crippen LogP contribution in [0.3, 0.4) is 0 Å². The van der Waals surface area contributed by atoms with E-state index in [4.69, 9.17) is 16.3 Å². The maximum absolute atomic E-state index is 12.5. The van der Waals surface area contributed by atoms with Crippen LogP contribution in [0.1, 0.15) is 5.56 Å². The van der Waals surface area contributed by atoms with Gasteiger partial charge in [0.25, 0.3) is 0 Å². The number of anilines is 2. The molecule has 0 unspecified atom stereocenters. The SMILES string of the molecule is COc1ccc(-c2nnc(NC(=O)CN(c3cc(Cl)ccc3C)S(C)(=O)=O)s2)cc1. The Balaban J connectivity index is 1.76. The van der Waals surface area contributed by atoms with Gasteiger partial charge in [-0.3, -0.25) is 14.4 Å². The first-order valence-electron chi connectivity index (χ1n) is 8.69. The highest BCUT2D eigenvalue weighted by Gasteiger charge is 2.23. The molecule has 0 radical (unpaired) electrons. The van der Waals surface area contributed by atoms with Gasteiger partial charge in [0.2, 0.25) is 21.1 Å². The van der Waals surface area contributed by atoms with E-state index in [9.17, 15) is 13.2 Å². The van der Waals surface area contributed by atoms with Crippen molar-refractivity contribution in [2.75, 3.05) is 29.5 Å². The standard InChI is InChI=1S/C19H19ClN4O4S2/c1-12-4-7-14(20)10-16(12)24(30(3,26)27)11-17(25)21-19-23-22-18(29-19)13-5-8-15(28-2)9-6-13/h4-10H,11H2,1-3H3,(H,21,23,25). The van der Waals surface area contributed by atoms with Gasteiger partial charge in [0, 0.05) is 10.6 Å². The molecule has 0 aliphatic rings. The summed E-state index contributed by atoms with van der Waals surface area (Å²) in [6.45, 7) is 1.32. The van der Waals surface area contributed by atoms with Crippen molar-refractivity contribution in [1.29, 1.82) is 0 Å². The van der Waals surface area contributed by atoms with Crippen molar-refractivity contribution in [2.45, 2.75) is 6.92 Å². The number of halogens is 1. The zero-order valence-corrected chi connectivity index (χ0v) is 18.8. The Morgan fingerprint density at radius 3 is 2.53 bits per heavy atom. The molecule has 1 N–H and O–H groups in total. The first kappa shape index (κ1) is 22.0. The number of ether oxygens (including phenoxy) is 1. The lowest BCUT2D eigenvalue weighted by Crippen LogP contribution is -2.37. The fourth-order valence-corrected chi connectivity index (χ4v) is 4.48. The van der Waals surface area contributed by atoms with Crippen LogP contribution in [0.25, 0.3) is 10.6 Å². The third-order valence-electron chi connectivity index (χ3n) is 4.14. The Hall–Kier alpha value is -2.69. The van der Waals surface area contributed by atoms with Gasteiger partial charge in [0.15, 0.2) is 0 Å². The lowest BCUT2D eigenvalue weighted by Gasteiger charge is -2.23. The van der Waals surface area contributed by atoms with E-state index in [1.54, 1.807) is 38.3 Å². The molecule has 0 spiro atoms. The van der Waals surface area contributed by atoms with Crippen LogP contribution < -0.4 is 14.4 Å². The maximum atomic E-state index is 12.5. The second-order valence-corrected chi connectivity index (χ2v) is 9.71. The summed E-state index contributed by atoms with van der Waals surface area (Å²) in [5.41, 5.74) is 1.84. The molecule has 0 aliphatic heterocycles. The molecule has 3 aromatic rings. The minimum atomic E-state index is -3.72. The summed E-state index contributed by atoms with van der Waals surface area (Å²) in [6, 6.07) is 12.1. The minimum absolute atomic E-state index is 0.266. The number of sulfonamides is 1. The fourth-order valence-electron chi connectivity index (χ4n) is 2.65. The first-order chi connectivity index (χ1) is 14.2. The number of nitrogens with zero attached hydrogens (tertiary/aromatic N) is 3. The zero-order chi connectivity index (χ0) is 21.9. The summed E-state index contributed by atoms with van der Waals surface area (Å²) in [7, 11) is -2.14. The van der Waals surface area contributed by atoms with Crippen LogP contribution in [0.15, 0.2) is 42.5 Å². The van der Waals surface area contributed by atoms with Gasteiger partial charge in [-0.2, -0.15) is 0 Å². The molecule has 0 saturated heterocycles. The average molecular weight is 467 g/mol. The Morgan fingerprint density at radius 1 is 1.20 bits per heavy atom. The minimum Gasteiger partial charge on any atom is -0.497 e. The van der Waals surface area contributed by atoms with E-state index >= 15 is 0 Å². The van der Waals surface area contributed by atoms with Crippen LogP contribution in [-0.2, 0) is 14.8 Å². The maximum Gasteiger partial charge on any atom is 0.246 e. The van der Waals surface area contributed by atoms with E-state index in [0.29, 0.717) is 27.0 Å². The van der Waals surface area contributed by atoms with E-state index in [1.165, 1.54) is 17.4 Å². The van der Waals surface area contributed by atoms with Crippen LogP contribution in [0.2, 0.25) is 5.02 Å². The van der Waals surface area contributed by atoms with Crippen molar-refractivity contribution in [3.8, 4) is 16.3 Å². The molecule has 1 amide bonds. The average Bonchev–Trinajstić information content (AvgIpc) is 3.16. The second-order valence-electron chi connectivity index (χ2n) is 6.39. The van der Waals surface area contributed by atoms with E-state index < -0.39 is 22.5 Å². The van der Waals surface area contributed by atoms with Crippen LogP contribution in [0, 0.1) is 6.92 Å². The molecule has 11 heteroatoms. The van der Waals surface area contributed by atoms with Gasteiger partial charge in [-0.1, -0.05) is 29.0 Å². The number of carbonyl (C=O) groups is 1. The Bertz CT molecular complexity index is 1160. The van der Waals surface area contributed by atoms with E-state index in [-0.39, 0.29) is 5.13 Å². The van der Waals surface area contributed by atoms with E-state index in [2.05, 4.69) is 15.5 Å². The molecule has 2 aromatic carbocycles. The van der Waals surface area contributed by atoms with Crippen molar-refractivity contribution in [1.82, 2.24) is 10.2 Å². The molecule has 158 valence electrons. The van der Waals surface area contributed by atoms with Gasteiger partial charge in [0.1, 0.15) is 17.3 Å². The molecule has 1 aromatic heterocycles. The highest BCUT2D eigenvalue weighted by Crippen LogP contribution is 2.29. The summed E-state index contributed by atoms with van der Waals surface area (Å²) in [5.74, 6) is 0.172. The predicted octanol–water partition coefficient (Wildman–Crippen LogP) is 3.58. The molecular formula is C19H19ClN4O4S2. The third kappa shape index (κ3) is 5.26. The fraction of sp³-hybridized carbons (Fsp3) is 0.211. The van der Waals surface area contributed by atoms with Crippen LogP contribution in [0.5, 0.6) is 5.75 Å². The third-order valence-corrected chi connectivity index (χ3v) is 6.39. The lowest BCUT2D eigenvalue weighted by molar-refractivity contribution is -0.114. The number of hydrogen-bond acceptors (Lipinski definition) is 7. The van der Waals surface area contributed by atoms with Crippen LogP contribution in [-0.4, -0.2) is 44.4 Å². The molecule has 8 nitrogen and oxygen atoms in total. The number of methoxy groups -OCH3 is 1. The number of amides is 1. The van der Waals surface area contributed by atoms with Crippen molar-refractivity contribution in [2.24, 2.45) is 0 Å². The summed E-state index contributed by atoms with van der Waals surface area (Å²) in [5, 5.41) is 11.9. The monoisotopic (exact) mass is 466 g/mol. The number of hydrogen-bond donors (Lipinski definition) is 1. The van der Waals surface area contributed by atoms with Gasteiger partial charge < -0.3 is 4.74 Å². The summed E-state index contributed by atoms with van der Waals surface area (Å²) < 4.78 is 30.7. The molecule has 1 heterocycles. The van der Waals surface area contributed by atoms with Crippen molar-refractivity contribution < 1.29 is 17.9 Å². The van der Waals surface area contributed by atoms with Gasteiger partial charge in [-0.05, 0) is 48.9 Å². The Labute approximate surface area is 183 Å². The van der Waals surface area contributed by atoms with Gasteiger partial charge in [0.05, 0.1) is 19.1 Å². The lowest BCUT2D eigenvalue weighted by atomic mass is 10.2. The van der Waals surface area contributed by atoms with Crippen LogP contribution in [0.4, 0.5) is 10.8 Å². The van der Waals surface area contributed by atoms with E-state index in [1.807, 2.05) is 12.1 Å². The molecular weight excluding hydrogens is 448 g/mol. The number of nitrogens with one attached hydrogen (secondary N) is 1. The number of aromatic nitrogens is 2. The van der Waals surface area contributed by atoms with Crippen molar-refractivity contribution in [3.63, 3.8) is 0 Å². The molecule has 30 heavy (non-hydrogen) atoms. The second kappa shape index (κ2) is 8.99. The summed E-state index contributed by atoms with van der Waals surface area (Å²) >= 11 is 7.19. The number of carbonyl (C=O) groups excluding carboxylic acids is 1.